The standard InChI is InChI=1S/C13H17ClN2O4/c1-3-4-9(2)15-13(17)8-20-12-6-5-10(16(18)19)7-11(12)14/h5-7,9H,3-4,8H2,1-2H3,(H,15,17). The van der Waals surface area contributed by atoms with Gasteiger partial charge in [-0.3, -0.25) is 14.9 Å². The highest BCUT2D eigenvalue weighted by molar-refractivity contribution is 6.32. The fourth-order valence-corrected chi connectivity index (χ4v) is 1.91. The molecule has 1 N–H and O–H groups in total. The smallest absolute Gasteiger partial charge is 0.271 e. The maximum Gasteiger partial charge on any atom is 0.271 e. The number of nitro benzene ring substituents is 1. The molecule has 0 spiro atoms. The lowest BCUT2D eigenvalue weighted by Crippen LogP contribution is -2.35. The first-order valence-electron chi connectivity index (χ1n) is 6.30. The van der Waals surface area contributed by atoms with Gasteiger partial charge in [-0.15, -0.1) is 0 Å². The number of benzene rings is 1. The first-order chi connectivity index (χ1) is 9.43. The van der Waals surface area contributed by atoms with Crippen LogP contribution < -0.4 is 10.1 Å². The summed E-state index contributed by atoms with van der Waals surface area (Å²) in [4.78, 5) is 21.6. The summed E-state index contributed by atoms with van der Waals surface area (Å²) in [6, 6.07) is 3.93. The Labute approximate surface area is 122 Å². The van der Waals surface area contributed by atoms with Gasteiger partial charge in [0.15, 0.2) is 6.61 Å². The van der Waals surface area contributed by atoms with Crippen molar-refractivity contribution in [2.24, 2.45) is 0 Å². The van der Waals surface area contributed by atoms with E-state index in [2.05, 4.69) is 5.32 Å². The van der Waals surface area contributed by atoms with Gasteiger partial charge in [-0.25, -0.2) is 0 Å². The zero-order chi connectivity index (χ0) is 15.1. The van der Waals surface area contributed by atoms with E-state index in [0.29, 0.717) is 0 Å². The molecule has 0 saturated carbocycles. The number of ether oxygens (including phenoxy) is 1. The number of carbonyl (C=O) groups excluding carboxylic acids is 1. The van der Waals surface area contributed by atoms with Crippen LogP contribution in [-0.2, 0) is 4.79 Å². The summed E-state index contributed by atoms with van der Waals surface area (Å²) in [7, 11) is 0. The van der Waals surface area contributed by atoms with Gasteiger partial charge >= 0.3 is 0 Å². The zero-order valence-corrected chi connectivity index (χ0v) is 12.1. The van der Waals surface area contributed by atoms with E-state index in [1.807, 2.05) is 13.8 Å². The quantitative estimate of drug-likeness (QED) is 0.620. The highest BCUT2D eigenvalue weighted by Gasteiger charge is 2.12. The molecule has 20 heavy (non-hydrogen) atoms. The van der Waals surface area contributed by atoms with E-state index in [9.17, 15) is 14.9 Å². The molecule has 0 fully saturated rings. The minimum absolute atomic E-state index is 0.0865. The number of amides is 1. The van der Waals surface area contributed by atoms with Gasteiger partial charge in [0.1, 0.15) is 5.75 Å². The lowest BCUT2D eigenvalue weighted by Gasteiger charge is -2.13. The molecule has 1 aromatic rings. The summed E-state index contributed by atoms with van der Waals surface area (Å²) in [5, 5.41) is 13.4. The van der Waals surface area contributed by atoms with E-state index < -0.39 is 4.92 Å². The van der Waals surface area contributed by atoms with E-state index >= 15 is 0 Å². The number of hydrogen-bond acceptors (Lipinski definition) is 4. The van der Waals surface area contributed by atoms with Gasteiger partial charge in [-0.05, 0) is 19.4 Å². The van der Waals surface area contributed by atoms with Gasteiger partial charge < -0.3 is 10.1 Å². The molecular formula is C13H17ClN2O4. The van der Waals surface area contributed by atoms with Gasteiger partial charge in [0, 0.05) is 18.2 Å². The summed E-state index contributed by atoms with van der Waals surface area (Å²) in [5.41, 5.74) is -0.122. The molecule has 0 aromatic heterocycles. The summed E-state index contributed by atoms with van der Waals surface area (Å²) in [6.45, 7) is 3.78. The highest BCUT2D eigenvalue weighted by atomic mass is 35.5. The average molecular weight is 301 g/mol. The Bertz CT molecular complexity index is 493. The Balaban J connectivity index is 2.53. The second kappa shape index (κ2) is 7.69. The van der Waals surface area contributed by atoms with Crippen LogP contribution in [0.5, 0.6) is 5.75 Å². The number of carbonyl (C=O) groups is 1. The van der Waals surface area contributed by atoms with Crippen molar-refractivity contribution in [3.05, 3.63) is 33.3 Å². The van der Waals surface area contributed by atoms with Gasteiger partial charge in [0.05, 0.1) is 9.95 Å². The summed E-state index contributed by atoms with van der Waals surface area (Å²) in [5.74, 6) is -0.00377. The Hall–Kier alpha value is -1.82. The molecule has 1 amide bonds. The van der Waals surface area contributed by atoms with Crippen LogP contribution >= 0.6 is 11.6 Å². The summed E-state index contributed by atoms with van der Waals surface area (Å²) < 4.78 is 5.25. The SMILES string of the molecule is CCCC(C)NC(=O)COc1ccc([N+](=O)[O-])cc1Cl. The molecule has 0 bridgehead atoms. The molecule has 6 nitrogen and oxygen atoms in total. The Kier molecular flexibility index (Phi) is 6.24. The van der Waals surface area contributed by atoms with Crippen molar-refractivity contribution < 1.29 is 14.5 Å². The van der Waals surface area contributed by atoms with Crippen LogP contribution in [0.25, 0.3) is 0 Å². The molecule has 1 aromatic carbocycles. The van der Waals surface area contributed by atoms with E-state index in [-0.39, 0.29) is 35.0 Å². The van der Waals surface area contributed by atoms with Crippen LogP contribution in [0.4, 0.5) is 5.69 Å². The second-order valence-corrected chi connectivity index (χ2v) is 4.82. The number of halogens is 1. The molecule has 0 aliphatic heterocycles. The topological polar surface area (TPSA) is 81.5 Å². The van der Waals surface area contributed by atoms with Gasteiger partial charge in [-0.2, -0.15) is 0 Å². The fraction of sp³-hybridized carbons (Fsp3) is 0.462. The Morgan fingerprint density at radius 1 is 1.55 bits per heavy atom. The third-order valence-electron chi connectivity index (χ3n) is 2.61. The fourth-order valence-electron chi connectivity index (χ4n) is 1.69. The maximum atomic E-state index is 11.6. The Morgan fingerprint density at radius 3 is 2.80 bits per heavy atom. The van der Waals surface area contributed by atoms with Crippen molar-refractivity contribution in [3.63, 3.8) is 0 Å². The van der Waals surface area contributed by atoms with Crippen LogP contribution in [0.3, 0.4) is 0 Å². The average Bonchev–Trinajstić information content (AvgIpc) is 2.37. The maximum absolute atomic E-state index is 11.6. The van der Waals surface area contributed by atoms with Crippen molar-refractivity contribution in [1.29, 1.82) is 0 Å². The minimum Gasteiger partial charge on any atom is -0.482 e. The number of rotatable bonds is 7. The zero-order valence-electron chi connectivity index (χ0n) is 11.4. The van der Waals surface area contributed by atoms with Crippen molar-refractivity contribution in [2.45, 2.75) is 32.7 Å². The predicted octanol–water partition coefficient (Wildman–Crippen LogP) is 2.93. The minimum atomic E-state index is -0.547. The number of nitro groups is 1. The predicted molar refractivity (Wildman–Crippen MR) is 76.1 cm³/mol. The molecule has 110 valence electrons. The van der Waals surface area contributed by atoms with E-state index in [1.165, 1.54) is 18.2 Å². The van der Waals surface area contributed by atoms with Gasteiger partial charge in [-0.1, -0.05) is 24.9 Å². The number of non-ortho nitro benzene ring substituents is 1. The lowest BCUT2D eigenvalue weighted by atomic mass is 10.2. The van der Waals surface area contributed by atoms with Crippen molar-refractivity contribution >= 4 is 23.2 Å². The lowest BCUT2D eigenvalue weighted by molar-refractivity contribution is -0.384. The largest absolute Gasteiger partial charge is 0.482 e. The van der Waals surface area contributed by atoms with Crippen LogP contribution in [-0.4, -0.2) is 23.5 Å². The number of hydrogen-bond donors (Lipinski definition) is 1. The second-order valence-electron chi connectivity index (χ2n) is 4.42. The molecule has 1 rings (SSSR count). The first-order valence-corrected chi connectivity index (χ1v) is 6.68. The van der Waals surface area contributed by atoms with E-state index in [1.54, 1.807) is 0 Å². The first kappa shape index (κ1) is 16.2. The molecule has 1 atom stereocenters. The molecule has 7 heteroatoms. The third kappa shape index (κ3) is 5.05. The molecular weight excluding hydrogens is 284 g/mol. The van der Waals surface area contributed by atoms with Crippen molar-refractivity contribution in [2.75, 3.05) is 6.61 Å². The van der Waals surface area contributed by atoms with E-state index in [4.69, 9.17) is 16.3 Å². The van der Waals surface area contributed by atoms with Crippen LogP contribution in [0.15, 0.2) is 18.2 Å². The van der Waals surface area contributed by atoms with Crippen LogP contribution in [0.2, 0.25) is 5.02 Å². The number of nitrogens with zero attached hydrogens (tertiary/aromatic N) is 1. The summed E-state index contributed by atoms with van der Waals surface area (Å²) in [6.07, 6.45) is 1.88. The van der Waals surface area contributed by atoms with Gasteiger partial charge in [0.2, 0.25) is 0 Å². The Morgan fingerprint density at radius 2 is 2.25 bits per heavy atom. The molecule has 0 aliphatic carbocycles. The van der Waals surface area contributed by atoms with Crippen LogP contribution in [0.1, 0.15) is 26.7 Å². The normalized spacial score (nSPS) is 11.8. The highest BCUT2D eigenvalue weighted by Crippen LogP contribution is 2.28. The molecule has 0 aliphatic rings. The molecule has 0 saturated heterocycles. The molecule has 1 unspecified atom stereocenters. The summed E-state index contributed by atoms with van der Waals surface area (Å²) >= 11 is 5.85. The van der Waals surface area contributed by atoms with Crippen molar-refractivity contribution in [1.82, 2.24) is 5.32 Å². The van der Waals surface area contributed by atoms with Crippen molar-refractivity contribution in [3.8, 4) is 5.75 Å². The van der Waals surface area contributed by atoms with Crippen LogP contribution in [0, 0.1) is 10.1 Å². The molecule has 0 heterocycles. The van der Waals surface area contributed by atoms with E-state index in [0.717, 1.165) is 12.8 Å². The monoisotopic (exact) mass is 300 g/mol. The van der Waals surface area contributed by atoms with Gasteiger partial charge in [0.25, 0.3) is 11.6 Å². The third-order valence-corrected chi connectivity index (χ3v) is 2.91. The number of nitrogens with one attached hydrogen (secondary N) is 1. The molecule has 0 radical (unpaired) electrons.